The summed E-state index contributed by atoms with van der Waals surface area (Å²) in [6, 6.07) is 0. The maximum atomic E-state index is 11.9. The monoisotopic (exact) mass is 269 g/mol. The second-order valence-electron chi connectivity index (χ2n) is 4.57. The van der Waals surface area contributed by atoms with Gasteiger partial charge in [0.2, 0.25) is 5.91 Å². The lowest BCUT2D eigenvalue weighted by atomic mass is 10.2. The molecule has 6 heteroatoms. The van der Waals surface area contributed by atoms with Gasteiger partial charge in [-0.15, -0.1) is 0 Å². The van der Waals surface area contributed by atoms with E-state index >= 15 is 0 Å². The molecule has 0 radical (unpaired) electrons. The summed E-state index contributed by atoms with van der Waals surface area (Å²) in [5.74, 6) is 0.162. The Morgan fingerprint density at radius 3 is 2.67 bits per heavy atom. The number of carbonyl (C=O) groups excluding carboxylic acids is 1. The van der Waals surface area contributed by atoms with Crippen LogP contribution in [-0.4, -0.2) is 35.4 Å². The fourth-order valence-corrected chi connectivity index (χ4v) is 2.72. The maximum Gasteiger partial charge on any atom is 0.304 e. The van der Waals surface area contributed by atoms with Crippen molar-refractivity contribution < 1.29 is 4.79 Å². The molecule has 1 aliphatic heterocycles. The van der Waals surface area contributed by atoms with Gasteiger partial charge in [0.05, 0.1) is 6.54 Å². The Morgan fingerprint density at radius 1 is 1.33 bits per heavy atom. The molecule has 0 spiro atoms. The third-order valence-electron chi connectivity index (χ3n) is 3.12. The van der Waals surface area contributed by atoms with Crippen LogP contribution in [0.5, 0.6) is 0 Å². The Morgan fingerprint density at radius 2 is 2.06 bits per heavy atom. The van der Waals surface area contributed by atoms with Gasteiger partial charge in [-0.1, -0.05) is 24.2 Å². The van der Waals surface area contributed by atoms with Crippen LogP contribution in [0.2, 0.25) is 0 Å². The second kappa shape index (κ2) is 6.70. The van der Waals surface area contributed by atoms with Gasteiger partial charge in [-0.05, 0) is 12.8 Å². The number of thiazole rings is 1. The molecule has 0 saturated carbocycles. The summed E-state index contributed by atoms with van der Waals surface area (Å²) < 4.78 is 0. The second-order valence-corrected chi connectivity index (χ2v) is 5.41. The lowest BCUT2D eigenvalue weighted by Gasteiger charge is -2.20. The zero-order valence-corrected chi connectivity index (χ0v) is 11.2. The van der Waals surface area contributed by atoms with Crippen LogP contribution in [0.1, 0.15) is 31.4 Å². The summed E-state index contributed by atoms with van der Waals surface area (Å²) in [5.41, 5.74) is 0.841. The quantitative estimate of drug-likeness (QED) is 0.854. The highest BCUT2D eigenvalue weighted by atomic mass is 32.1. The van der Waals surface area contributed by atoms with Crippen molar-refractivity contribution in [2.24, 2.45) is 0 Å². The Hall–Kier alpha value is -1.14. The van der Waals surface area contributed by atoms with E-state index < -0.39 is 0 Å². The first-order chi connectivity index (χ1) is 8.75. The van der Waals surface area contributed by atoms with Gasteiger partial charge < -0.3 is 15.2 Å². The van der Waals surface area contributed by atoms with E-state index in [2.05, 4.69) is 10.3 Å². The molecule has 1 aliphatic rings. The van der Waals surface area contributed by atoms with Gasteiger partial charge in [-0.3, -0.25) is 9.59 Å². The zero-order chi connectivity index (χ0) is 12.8. The van der Waals surface area contributed by atoms with Gasteiger partial charge in [0, 0.05) is 30.7 Å². The molecule has 100 valence electrons. The number of H-pyrrole nitrogens is 1. The van der Waals surface area contributed by atoms with Gasteiger partial charge >= 0.3 is 4.87 Å². The molecule has 2 N–H and O–H groups in total. The van der Waals surface area contributed by atoms with E-state index in [-0.39, 0.29) is 10.8 Å². The number of hydrogen-bond acceptors (Lipinski definition) is 4. The Kier molecular flexibility index (Phi) is 4.95. The first-order valence-corrected chi connectivity index (χ1v) is 7.29. The van der Waals surface area contributed by atoms with Gasteiger partial charge in [0.25, 0.3) is 0 Å². The average Bonchev–Trinajstić information content (AvgIpc) is 2.63. The molecule has 5 nitrogen and oxygen atoms in total. The normalized spacial score (nSPS) is 16.6. The minimum atomic E-state index is -0.0503. The first kappa shape index (κ1) is 13.3. The number of nitrogens with zero attached hydrogens (tertiary/aromatic N) is 1. The largest absolute Gasteiger partial charge is 0.342 e. The molecular formula is C12H19N3O2S. The summed E-state index contributed by atoms with van der Waals surface area (Å²) in [4.78, 5) is 27.5. The van der Waals surface area contributed by atoms with Crippen LogP contribution in [0.25, 0.3) is 0 Å². The number of nitrogens with one attached hydrogen (secondary N) is 2. The molecule has 0 aliphatic carbocycles. The topological polar surface area (TPSA) is 65.2 Å². The predicted molar refractivity (Wildman–Crippen MR) is 71.7 cm³/mol. The fourth-order valence-electron chi connectivity index (χ4n) is 2.14. The molecule has 18 heavy (non-hydrogen) atoms. The van der Waals surface area contributed by atoms with E-state index in [1.807, 2.05) is 4.90 Å². The summed E-state index contributed by atoms with van der Waals surface area (Å²) in [6.45, 7) is 2.65. The number of likely N-dealkylation sites (tertiary alicyclic amines) is 1. The summed E-state index contributed by atoms with van der Waals surface area (Å²) in [5, 5.41) is 4.86. The van der Waals surface area contributed by atoms with Crippen molar-refractivity contribution in [3.8, 4) is 0 Å². The standard InChI is InChI=1S/C12H19N3O2S/c16-11(15-5-3-1-2-4-6-15)8-13-7-10-9-18-12(17)14-10/h9,13H,1-8H2,(H,14,17). The molecule has 2 heterocycles. The van der Waals surface area contributed by atoms with Crippen molar-refractivity contribution in [1.82, 2.24) is 15.2 Å². The summed E-state index contributed by atoms with van der Waals surface area (Å²) in [7, 11) is 0. The van der Waals surface area contributed by atoms with Crippen LogP contribution >= 0.6 is 11.3 Å². The molecular weight excluding hydrogens is 250 g/mol. The average molecular weight is 269 g/mol. The van der Waals surface area contributed by atoms with E-state index in [4.69, 9.17) is 0 Å². The predicted octanol–water partition coefficient (Wildman–Crippen LogP) is 0.929. The van der Waals surface area contributed by atoms with Gasteiger partial charge in [-0.25, -0.2) is 0 Å². The molecule has 0 unspecified atom stereocenters. The van der Waals surface area contributed by atoms with E-state index in [1.165, 1.54) is 12.8 Å². The fraction of sp³-hybridized carbons (Fsp3) is 0.667. The first-order valence-electron chi connectivity index (χ1n) is 6.41. The number of aromatic nitrogens is 1. The number of aromatic amines is 1. The van der Waals surface area contributed by atoms with E-state index in [0.717, 1.165) is 43.0 Å². The van der Waals surface area contributed by atoms with Gasteiger partial charge in [0.15, 0.2) is 0 Å². The minimum Gasteiger partial charge on any atom is -0.342 e. The Bertz CT molecular complexity index is 433. The van der Waals surface area contributed by atoms with E-state index in [0.29, 0.717) is 13.1 Å². The summed E-state index contributed by atoms with van der Waals surface area (Å²) in [6.07, 6.45) is 4.69. The minimum absolute atomic E-state index is 0.0503. The van der Waals surface area contributed by atoms with Gasteiger partial charge in [0.1, 0.15) is 0 Å². The molecule has 1 aromatic rings. The highest BCUT2D eigenvalue weighted by molar-refractivity contribution is 7.07. The molecule has 1 fully saturated rings. The maximum absolute atomic E-state index is 11.9. The van der Waals surface area contributed by atoms with Crippen molar-refractivity contribution in [2.45, 2.75) is 32.2 Å². The Labute approximate surface area is 110 Å². The molecule has 0 atom stereocenters. The Balaban J connectivity index is 1.72. The third kappa shape index (κ3) is 3.96. The molecule has 1 saturated heterocycles. The van der Waals surface area contributed by atoms with Crippen LogP contribution < -0.4 is 10.2 Å². The van der Waals surface area contributed by atoms with E-state index in [9.17, 15) is 9.59 Å². The van der Waals surface area contributed by atoms with E-state index in [1.54, 1.807) is 5.38 Å². The van der Waals surface area contributed by atoms with Crippen LogP contribution in [0, 0.1) is 0 Å². The number of amides is 1. The molecule has 1 aromatic heterocycles. The molecule has 2 rings (SSSR count). The van der Waals surface area contributed by atoms with Crippen LogP contribution in [0.3, 0.4) is 0 Å². The lowest BCUT2D eigenvalue weighted by Crippen LogP contribution is -2.38. The van der Waals surface area contributed by atoms with Crippen molar-refractivity contribution in [3.63, 3.8) is 0 Å². The van der Waals surface area contributed by atoms with Crippen molar-refractivity contribution >= 4 is 17.2 Å². The summed E-state index contributed by atoms with van der Waals surface area (Å²) >= 11 is 1.15. The molecule has 0 aromatic carbocycles. The lowest BCUT2D eigenvalue weighted by molar-refractivity contribution is -0.130. The molecule has 1 amide bonds. The SMILES string of the molecule is O=C(CNCc1csc(=O)[nH]1)N1CCCCCC1. The van der Waals surface area contributed by atoms with Crippen molar-refractivity contribution in [3.05, 3.63) is 20.7 Å². The molecule has 0 bridgehead atoms. The smallest absolute Gasteiger partial charge is 0.304 e. The van der Waals surface area contributed by atoms with Crippen molar-refractivity contribution in [1.29, 1.82) is 0 Å². The van der Waals surface area contributed by atoms with Crippen LogP contribution in [0.15, 0.2) is 10.2 Å². The van der Waals surface area contributed by atoms with Crippen LogP contribution in [-0.2, 0) is 11.3 Å². The zero-order valence-electron chi connectivity index (χ0n) is 10.4. The highest BCUT2D eigenvalue weighted by Gasteiger charge is 2.14. The van der Waals surface area contributed by atoms with Crippen molar-refractivity contribution in [2.75, 3.05) is 19.6 Å². The number of rotatable bonds is 4. The third-order valence-corrected chi connectivity index (χ3v) is 3.84. The van der Waals surface area contributed by atoms with Gasteiger partial charge in [-0.2, -0.15) is 0 Å². The number of hydrogen-bond donors (Lipinski definition) is 2. The highest BCUT2D eigenvalue weighted by Crippen LogP contribution is 2.09. The number of carbonyl (C=O) groups is 1. The van der Waals surface area contributed by atoms with Crippen LogP contribution in [0.4, 0.5) is 0 Å².